The largest absolute Gasteiger partial charge is 0.493 e. The molecular formula is C19H21NO5. The van der Waals surface area contributed by atoms with Gasteiger partial charge in [-0.2, -0.15) is 0 Å². The molecule has 2 rings (SSSR count). The van der Waals surface area contributed by atoms with Crippen LogP contribution in [0.3, 0.4) is 0 Å². The summed E-state index contributed by atoms with van der Waals surface area (Å²) < 4.78 is 10.3. The number of nitrogens with one attached hydrogen (secondary N) is 1. The Morgan fingerprint density at radius 2 is 1.72 bits per heavy atom. The molecule has 0 bridgehead atoms. The van der Waals surface area contributed by atoms with Crippen LogP contribution in [0.5, 0.6) is 11.5 Å². The molecule has 2 aromatic rings. The third-order valence-corrected chi connectivity index (χ3v) is 3.83. The van der Waals surface area contributed by atoms with Crippen molar-refractivity contribution in [3.63, 3.8) is 0 Å². The first kappa shape index (κ1) is 18.3. The highest BCUT2D eigenvalue weighted by molar-refractivity contribution is 5.95. The van der Waals surface area contributed by atoms with Gasteiger partial charge in [0.2, 0.25) is 0 Å². The lowest BCUT2D eigenvalue weighted by Gasteiger charge is -2.14. The molecule has 0 heterocycles. The maximum atomic E-state index is 12.3. The van der Waals surface area contributed by atoms with Crippen molar-refractivity contribution < 1.29 is 24.2 Å². The first-order valence-corrected chi connectivity index (χ1v) is 7.82. The van der Waals surface area contributed by atoms with E-state index in [1.165, 1.54) is 14.2 Å². The third kappa shape index (κ3) is 4.97. The lowest BCUT2D eigenvalue weighted by atomic mass is 9.99. The van der Waals surface area contributed by atoms with Gasteiger partial charge in [0.25, 0.3) is 5.91 Å². The molecule has 6 heteroatoms. The molecule has 25 heavy (non-hydrogen) atoms. The standard InChI is InChI=1S/C19H21NO5/c1-24-16-9-8-14(11-17(16)25-2)18(21)20-12-15(19(22)23)10-13-6-4-3-5-7-13/h3-9,11,15H,10,12H2,1-2H3,(H,20,21)(H,22,23). The van der Waals surface area contributed by atoms with E-state index in [4.69, 9.17) is 9.47 Å². The summed E-state index contributed by atoms with van der Waals surface area (Å²) in [6, 6.07) is 14.1. The summed E-state index contributed by atoms with van der Waals surface area (Å²) in [7, 11) is 3.00. The van der Waals surface area contributed by atoms with Gasteiger partial charge in [-0.25, -0.2) is 0 Å². The molecule has 0 fully saturated rings. The van der Waals surface area contributed by atoms with Crippen LogP contribution in [0.4, 0.5) is 0 Å². The molecule has 1 atom stereocenters. The first-order valence-electron chi connectivity index (χ1n) is 7.82. The Hall–Kier alpha value is -3.02. The van der Waals surface area contributed by atoms with E-state index in [0.29, 0.717) is 23.5 Å². The van der Waals surface area contributed by atoms with Gasteiger partial charge < -0.3 is 19.9 Å². The fraction of sp³-hybridized carbons (Fsp3) is 0.263. The van der Waals surface area contributed by atoms with E-state index in [1.807, 2.05) is 30.3 Å². The smallest absolute Gasteiger partial charge is 0.308 e. The van der Waals surface area contributed by atoms with Gasteiger partial charge in [0, 0.05) is 12.1 Å². The van der Waals surface area contributed by atoms with Crippen molar-refractivity contribution in [2.45, 2.75) is 6.42 Å². The number of carboxylic acid groups (broad SMARTS) is 1. The van der Waals surface area contributed by atoms with Crippen molar-refractivity contribution >= 4 is 11.9 Å². The molecule has 6 nitrogen and oxygen atoms in total. The quantitative estimate of drug-likeness (QED) is 0.769. The fourth-order valence-corrected chi connectivity index (χ4v) is 2.44. The Morgan fingerprint density at radius 3 is 2.32 bits per heavy atom. The fourth-order valence-electron chi connectivity index (χ4n) is 2.44. The van der Waals surface area contributed by atoms with E-state index in [2.05, 4.69) is 5.32 Å². The summed E-state index contributed by atoms with van der Waals surface area (Å²) in [6.07, 6.45) is 0.350. The van der Waals surface area contributed by atoms with Gasteiger partial charge in [-0.3, -0.25) is 9.59 Å². The molecule has 0 aliphatic heterocycles. The Labute approximate surface area is 146 Å². The van der Waals surface area contributed by atoms with Gasteiger partial charge in [-0.1, -0.05) is 30.3 Å². The second-order valence-corrected chi connectivity index (χ2v) is 5.50. The highest BCUT2D eigenvalue weighted by Gasteiger charge is 2.20. The average Bonchev–Trinajstić information content (AvgIpc) is 2.64. The third-order valence-electron chi connectivity index (χ3n) is 3.83. The van der Waals surface area contributed by atoms with Crippen LogP contribution in [-0.2, 0) is 11.2 Å². The van der Waals surface area contributed by atoms with E-state index in [9.17, 15) is 14.7 Å². The second-order valence-electron chi connectivity index (χ2n) is 5.50. The number of hydrogen-bond acceptors (Lipinski definition) is 4. The van der Waals surface area contributed by atoms with Gasteiger partial charge in [-0.15, -0.1) is 0 Å². The highest BCUT2D eigenvalue weighted by Crippen LogP contribution is 2.27. The topological polar surface area (TPSA) is 84.9 Å². The van der Waals surface area contributed by atoms with Crippen molar-refractivity contribution in [2.75, 3.05) is 20.8 Å². The Bertz CT molecular complexity index is 730. The normalized spacial score (nSPS) is 11.4. The molecule has 0 aliphatic rings. The van der Waals surface area contributed by atoms with Crippen LogP contribution in [-0.4, -0.2) is 37.7 Å². The number of methoxy groups -OCH3 is 2. The number of amides is 1. The van der Waals surface area contributed by atoms with Crippen molar-refractivity contribution in [1.29, 1.82) is 0 Å². The van der Waals surface area contributed by atoms with E-state index in [1.54, 1.807) is 18.2 Å². The van der Waals surface area contributed by atoms with Crippen LogP contribution in [0.1, 0.15) is 15.9 Å². The maximum Gasteiger partial charge on any atom is 0.308 e. The van der Waals surface area contributed by atoms with Crippen LogP contribution in [0.25, 0.3) is 0 Å². The Kier molecular flexibility index (Phi) is 6.39. The van der Waals surface area contributed by atoms with Gasteiger partial charge in [0.05, 0.1) is 20.1 Å². The van der Waals surface area contributed by atoms with Crippen LogP contribution in [0.15, 0.2) is 48.5 Å². The van der Waals surface area contributed by atoms with Gasteiger partial charge >= 0.3 is 5.97 Å². The van der Waals surface area contributed by atoms with Gasteiger partial charge in [-0.05, 0) is 30.2 Å². The van der Waals surface area contributed by atoms with Crippen LogP contribution >= 0.6 is 0 Å². The molecule has 2 aromatic carbocycles. The van der Waals surface area contributed by atoms with E-state index >= 15 is 0 Å². The summed E-state index contributed by atoms with van der Waals surface area (Å²) in [4.78, 5) is 23.7. The average molecular weight is 343 g/mol. The summed E-state index contributed by atoms with van der Waals surface area (Å²) >= 11 is 0. The number of benzene rings is 2. The lowest BCUT2D eigenvalue weighted by molar-refractivity contribution is -0.141. The molecule has 0 aromatic heterocycles. The Morgan fingerprint density at radius 1 is 1.04 bits per heavy atom. The summed E-state index contributed by atoms with van der Waals surface area (Å²) in [6.45, 7) is 0.0391. The molecule has 0 saturated carbocycles. The van der Waals surface area contributed by atoms with Crippen LogP contribution < -0.4 is 14.8 Å². The van der Waals surface area contributed by atoms with Crippen molar-refractivity contribution in [3.8, 4) is 11.5 Å². The minimum Gasteiger partial charge on any atom is -0.493 e. The van der Waals surface area contributed by atoms with E-state index < -0.39 is 11.9 Å². The first-order chi connectivity index (χ1) is 12.0. The molecule has 132 valence electrons. The van der Waals surface area contributed by atoms with Gasteiger partial charge in [0.1, 0.15) is 0 Å². The predicted octanol–water partition coefficient (Wildman–Crippen LogP) is 2.38. The zero-order valence-corrected chi connectivity index (χ0v) is 14.2. The molecule has 0 radical (unpaired) electrons. The van der Waals surface area contributed by atoms with Crippen molar-refractivity contribution in [1.82, 2.24) is 5.32 Å². The minimum atomic E-state index is -0.948. The number of carboxylic acids is 1. The highest BCUT2D eigenvalue weighted by atomic mass is 16.5. The molecular weight excluding hydrogens is 322 g/mol. The zero-order valence-electron chi connectivity index (χ0n) is 14.2. The summed E-state index contributed by atoms with van der Waals surface area (Å²) in [5.41, 5.74) is 1.29. The Balaban J connectivity index is 2.02. The summed E-state index contributed by atoms with van der Waals surface area (Å²) in [5, 5.41) is 12.1. The maximum absolute atomic E-state index is 12.3. The molecule has 0 aliphatic carbocycles. The SMILES string of the molecule is COc1ccc(C(=O)NCC(Cc2ccccc2)C(=O)O)cc1OC. The molecule has 2 N–H and O–H groups in total. The molecule has 0 spiro atoms. The number of rotatable bonds is 8. The predicted molar refractivity (Wildman–Crippen MR) is 93.2 cm³/mol. The van der Waals surface area contributed by atoms with Gasteiger partial charge in [0.15, 0.2) is 11.5 Å². The van der Waals surface area contributed by atoms with Crippen molar-refractivity contribution in [2.24, 2.45) is 5.92 Å². The number of ether oxygens (including phenoxy) is 2. The minimum absolute atomic E-state index is 0.0391. The number of carbonyl (C=O) groups is 2. The van der Waals surface area contributed by atoms with Crippen LogP contribution in [0, 0.1) is 5.92 Å². The lowest BCUT2D eigenvalue weighted by Crippen LogP contribution is -2.34. The van der Waals surface area contributed by atoms with Crippen molar-refractivity contribution in [3.05, 3.63) is 59.7 Å². The molecule has 1 unspecified atom stereocenters. The van der Waals surface area contributed by atoms with E-state index in [-0.39, 0.29) is 12.5 Å². The summed E-state index contributed by atoms with van der Waals surface area (Å²) in [5.74, 6) is -1.05. The molecule has 0 saturated heterocycles. The number of aliphatic carboxylic acids is 1. The molecule has 1 amide bonds. The zero-order chi connectivity index (χ0) is 18.2. The monoisotopic (exact) mass is 343 g/mol. The van der Waals surface area contributed by atoms with Crippen LogP contribution in [0.2, 0.25) is 0 Å². The number of hydrogen-bond donors (Lipinski definition) is 2. The second kappa shape index (κ2) is 8.73. The van der Waals surface area contributed by atoms with E-state index in [0.717, 1.165) is 5.56 Å². The number of carbonyl (C=O) groups excluding carboxylic acids is 1.